The van der Waals surface area contributed by atoms with E-state index >= 15 is 0 Å². The first kappa shape index (κ1) is 15.3. The van der Waals surface area contributed by atoms with Gasteiger partial charge in [-0.25, -0.2) is 0 Å². The third-order valence-corrected chi connectivity index (χ3v) is 2.96. The zero-order chi connectivity index (χ0) is 14.1. The van der Waals surface area contributed by atoms with Crippen molar-refractivity contribution in [2.75, 3.05) is 11.4 Å². The van der Waals surface area contributed by atoms with Crippen LogP contribution in [0.4, 0.5) is 11.4 Å². The van der Waals surface area contributed by atoms with Crippen molar-refractivity contribution in [3.05, 3.63) is 60.2 Å². The molecular formula is C18H25N. The van der Waals surface area contributed by atoms with Crippen LogP contribution in [-0.4, -0.2) is 6.54 Å². The predicted octanol–water partition coefficient (Wildman–Crippen LogP) is 5.43. The minimum Gasteiger partial charge on any atom is -0.341 e. The average Bonchev–Trinajstić information content (AvgIpc) is 2.96. The fourth-order valence-electron chi connectivity index (χ4n) is 2.21. The van der Waals surface area contributed by atoms with Crippen molar-refractivity contribution in [2.45, 2.75) is 34.1 Å². The maximum atomic E-state index is 2.38. The largest absolute Gasteiger partial charge is 0.341 e. The Bertz CT molecular complexity index is 462. The van der Waals surface area contributed by atoms with Gasteiger partial charge in [0.2, 0.25) is 0 Å². The molecule has 19 heavy (non-hydrogen) atoms. The predicted molar refractivity (Wildman–Crippen MR) is 86.3 cm³/mol. The van der Waals surface area contributed by atoms with Crippen LogP contribution in [0.25, 0.3) is 0 Å². The maximum Gasteiger partial charge on any atom is 0.0444 e. The lowest BCUT2D eigenvalue weighted by molar-refractivity contribution is 0.998. The van der Waals surface area contributed by atoms with Gasteiger partial charge in [-0.1, -0.05) is 64.1 Å². The Morgan fingerprint density at radius 3 is 2.00 bits per heavy atom. The summed E-state index contributed by atoms with van der Waals surface area (Å²) >= 11 is 0. The molecule has 0 radical (unpaired) electrons. The van der Waals surface area contributed by atoms with Crippen molar-refractivity contribution in [2.24, 2.45) is 0 Å². The summed E-state index contributed by atoms with van der Waals surface area (Å²) in [5.41, 5.74) is 4.12. The molecule has 1 aliphatic heterocycles. The average molecular weight is 255 g/mol. The molecule has 0 aromatic heterocycles. The molecule has 0 saturated carbocycles. The second-order valence-electron chi connectivity index (χ2n) is 3.87. The normalized spacial score (nSPS) is 11.7. The first-order valence-corrected chi connectivity index (χ1v) is 7.36. The van der Waals surface area contributed by atoms with Gasteiger partial charge in [0.15, 0.2) is 0 Å². The molecule has 0 fully saturated rings. The fraction of sp³-hybridized carbons (Fsp3) is 0.333. The lowest BCUT2D eigenvalue weighted by Gasteiger charge is -2.19. The van der Waals surface area contributed by atoms with Gasteiger partial charge in [0.05, 0.1) is 0 Å². The quantitative estimate of drug-likeness (QED) is 0.656. The Morgan fingerprint density at radius 2 is 1.32 bits per heavy atom. The van der Waals surface area contributed by atoms with Gasteiger partial charge in [-0.15, -0.1) is 0 Å². The van der Waals surface area contributed by atoms with Gasteiger partial charge >= 0.3 is 0 Å². The molecule has 1 aliphatic rings. The third-order valence-electron chi connectivity index (χ3n) is 2.96. The summed E-state index contributed by atoms with van der Waals surface area (Å²) in [5, 5.41) is 0. The molecule has 1 heterocycles. The molecule has 0 amide bonds. The van der Waals surface area contributed by atoms with E-state index in [4.69, 9.17) is 0 Å². The lowest BCUT2D eigenvalue weighted by Crippen LogP contribution is -2.12. The number of hydrogen-bond acceptors (Lipinski definition) is 1. The number of fused-ring (bicyclic) bond motifs is 1. The van der Waals surface area contributed by atoms with Crippen LogP contribution in [-0.2, 0) is 6.42 Å². The van der Waals surface area contributed by atoms with Crippen molar-refractivity contribution in [1.82, 2.24) is 0 Å². The molecule has 1 heteroatoms. The topological polar surface area (TPSA) is 3.24 Å². The minimum absolute atomic E-state index is 1.10. The van der Waals surface area contributed by atoms with Gasteiger partial charge in [-0.3, -0.25) is 0 Å². The molecule has 0 unspecified atom stereocenters. The number of rotatable bonds is 1. The van der Waals surface area contributed by atoms with Crippen LogP contribution >= 0.6 is 0 Å². The summed E-state index contributed by atoms with van der Waals surface area (Å²) in [5.74, 6) is 0. The molecule has 0 spiro atoms. The molecule has 2 aromatic carbocycles. The summed E-state index contributed by atoms with van der Waals surface area (Å²) in [6.45, 7) is 9.10. The van der Waals surface area contributed by atoms with Crippen LogP contribution in [0.3, 0.4) is 0 Å². The number of benzene rings is 2. The summed E-state index contributed by atoms with van der Waals surface area (Å²) in [6, 6.07) is 19.2. The number of nitrogens with zero attached hydrogens (tertiary/aromatic N) is 1. The summed E-state index contributed by atoms with van der Waals surface area (Å²) < 4.78 is 0. The van der Waals surface area contributed by atoms with E-state index in [-0.39, 0.29) is 0 Å². The molecule has 0 atom stereocenters. The standard InChI is InChI=1S/C14H13N.2C2H6/c1-2-7-13(8-3-1)15-11-10-12-6-4-5-9-14(12)15;2*1-2/h1-9H,10-11H2;2*1-2H3. The highest BCUT2D eigenvalue weighted by Crippen LogP contribution is 2.33. The van der Waals surface area contributed by atoms with Crippen molar-refractivity contribution in [3.63, 3.8) is 0 Å². The van der Waals surface area contributed by atoms with Crippen LogP contribution in [0, 0.1) is 0 Å². The lowest BCUT2D eigenvalue weighted by atomic mass is 10.2. The van der Waals surface area contributed by atoms with Gasteiger partial charge < -0.3 is 4.90 Å². The minimum atomic E-state index is 1.10. The molecule has 0 bridgehead atoms. The van der Waals surface area contributed by atoms with E-state index in [1.165, 1.54) is 16.9 Å². The summed E-state index contributed by atoms with van der Waals surface area (Å²) in [6.07, 6.45) is 1.16. The zero-order valence-electron chi connectivity index (χ0n) is 12.6. The van der Waals surface area contributed by atoms with Crippen molar-refractivity contribution >= 4 is 11.4 Å². The highest BCUT2D eigenvalue weighted by atomic mass is 15.2. The van der Waals surface area contributed by atoms with Gasteiger partial charge in [0, 0.05) is 17.9 Å². The fourth-order valence-corrected chi connectivity index (χ4v) is 2.21. The molecule has 3 rings (SSSR count). The smallest absolute Gasteiger partial charge is 0.0444 e. The highest BCUT2D eigenvalue weighted by Gasteiger charge is 2.18. The molecule has 102 valence electrons. The Hall–Kier alpha value is -1.76. The zero-order valence-corrected chi connectivity index (χ0v) is 12.6. The monoisotopic (exact) mass is 255 g/mol. The second kappa shape index (κ2) is 8.36. The van der Waals surface area contributed by atoms with Crippen LogP contribution in [0.2, 0.25) is 0 Å². The van der Waals surface area contributed by atoms with E-state index < -0.39 is 0 Å². The van der Waals surface area contributed by atoms with E-state index in [1.54, 1.807) is 0 Å². The summed E-state index contributed by atoms with van der Waals surface area (Å²) in [4.78, 5) is 2.38. The van der Waals surface area contributed by atoms with E-state index in [0.717, 1.165) is 13.0 Å². The molecule has 0 aliphatic carbocycles. The molecule has 2 aromatic rings. The van der Waals surface area contributed by atoms with E-state index in [2.05, 4.69) is 59.5 Å². The molecule has 0 saturated heterocycles. The highest BCUT2D eigenvalue weighted by molar-refractivity contribution is 5.69. The van der Waals surface area contributed by atoms with Crippen LogP contribution in [0.15, 0.2) is 54.6 Å². The third kappa shape index (κ3) is 3.60. The van der Waals surface area contributed by atoms with Gasteiger partial charge in [-0.05, 0) is 30.2 Å². The Kier molecular flexibility index (Phi) is 6.73. The summed E-state index contributed by atoms with van der Waals surface area (Å²) in [7, 11) is 0. The van der Waals surface area contributed by atoms with Gasteiger partial charge in [0.1, 0.15) is 0 Å². The Balaban J connectivity index is 0.000000415. The van der Waals surface area contributed by atoms with Crippen molar-refractivity contribution < 1.29 is 0 Å². The number of para-hydroxylation sites is 2. The van der Waals surface area contributed by atoms with Crippen molar-refractivity contribution in [3.8, 4) is 0 Å². The van der Waals surface area contributed by atoms with Crippen LogP contribution in [0.5, 0.6) is 0 Å². The SMILES string of the molecule is CC.CC.c1ccc(N2CCc3ccccc32)cc1. The maximum absolute atomic E-state index is 2.38. The Morgan fingerprint density at radius 1 is 0.737 bits per heavy atom. The molecule has 1 nitrogen and oxygen atoms in total. The van der Waals surface area contributed by atoms with E-state index in [0.29, 0.717) is 0 Å². The molecular weight excluding hydrogens is 230 g/mol. The van der Waals surface area contributed by atoms with E-state index in [1.807, 2.05) is 27.7 Å². The first-order chi connectivity index (χ1) is 9.45. The molecule has 0 N–H and O–H groups in total. The van der Waals surface area contributed by atoms with Gasteiger partial charge in [-0.2, -0.15) is 0 Å². The second-order valence-corrected chi connectivity index (χ2v) is 3.87. The van der Waals surface area contributed by atoms with Crippen molar-refractivity contribution in [1.29, 1.82) is 0 Å². The van der Waals surface area contributed by atoms with Crippen LogP contribution in [0.1, 0.15) is 33.3 Å². The van der Waals surface area contributed by atoms with Crippen LogP contribution < -0.4 is 4.90 Å². The van der Waals surface area contributed by atoms with Gasteiger partial charge in [0.25, 0.3) is 0 Å². The number of hydrogen-bond donors (Lipinski definition) is 0. The Labute approximate surface area is 117 Å². The van der Waals surface area contributed by atoms with E-state index in [9.17, 15) is 0 Å². The number of anilines is 2. The first-order valence-electron chi connectivity index (χ1n) is 7.36.